The first-order valence-corrected chi connectivity index (χ1v) is 7.06. The maximum absolute atomic E-state index is 5.47. The SMILES string of the molecule is NNC(=NCCc1cccs1)NC1CCCC1. The van der Waals surface area contributed by atoms with E-state index in [4.69, 9.17) is 5.84 Å². The summed E-state index contributed by atoms with van der Waals surface area (Å²) in [4.78, 5) is 5.82. The number of nitrogens with zero attached hydrogens (tertiary/aromatic N) is 1. The minimum absolute atomic E-state index is 0.548. The molecule has 0 aromatic carbocycles. The Morgan fingerprint density at radius 3 is 2.94 bits per heavy atom. The molecular weight excluding hydrogens is 232 g/mol. The molecule has 0 saturated heterocycles. The third-order valence-electron chi connectivity index (χ3n) is 3.04. The molecule has 1 fully saturated rings. The van der Waals surface area contributed by atoms with Gasteiger partial charge in [0.15, 0.2) is 0 Å². The maximum Gasteiger partial charge on any atom is 0.205 e. The lowest BCUT2D eigenvalue weighted by molar-refractivity contribution is 0.614. The Bertz CT molecular complexity index is 341. The van der Waals surface area contributed by atoms with Gasteiger partial charge in [0.2, 0.25) is 5.96 Å². The number of hydrazine groups is 1. The van der Waals surface area contributed by atoms with Crippen LogP contribution in [0.25, 0.3) is 0 Å². The highest BCUT2D eigenvalue weighted by atomic mass is 32.1. The number of hydrogen-bond donors (Lipinski definition) is 3. The predicted molar refractivity (Wildman–Crippen MR) is 73.0 cm³/mol. The highest BCUT2D eigenvalue weighted by Crippen LogP contribution is 2.17. The fourth-order valence-electron chi connectivity index (χ4n) is 2.13. The predicted octanol–water partition coefficient (Wildman–Crippen LogP) is 1.64. The summed E-state index contributed by atoms with van der Waals surface area (Å²) >= 11 is 1.77. The van der Waals surface area contributed by atoms with Gasteiger partial charge in [-0.2, -0.15) is 0 Å². The lowest BCUT2D eigenvalue weighted by atomic mass is 10.2. The monoisotopic (exact) mass is 252 g/mol. The van der Waals surface area contributed by atoms with E-state index in [1.54, 1.807) is 11.3 Å². The van der Waals surface area contributed by atoms with Crippen LogP contribution in [0.15, 0.2) is 22.5 Å². The van der Waals surface area contributed by atoms with Crippen molar-refractivity contribution < 1.29 is 0 Å². The molecule has 0 bridgehead atoms. The van der Waals surface area contributed by atoms with Gasteiger partial charge in [-0.05, 0) is 24.3 Å². The summed E-state index contributed by atoms with van der Waals surface area (Å²) in [7, 11) is 0. The number of nitrogens with two attached hydrogens (primary N) is 1. The van der Waals surface area contributed by atoms with Gasteiger partial charge >= 0.3 is 0 Å². The Morgan fingerprint density at radius 2 is 2.29 bits per heavy atom. The summed E-state index contributed by atoms with van der Waals surface area (Å²) < 4.78 is 0. The van der Waals surface area contributed by atoms with Crippen LogP contribution in [0.1, 0.15) is 30.6 Å². The molecule has 1 saturated carbocycles. The second-order valence-electron chi connectivity index (χ2n) is 4.33. The van der Waals surface area contributed by atoms with Crippen LogP contribution in [0.2, 0.25) is 0 Å². The number of nitrogens with one attached hydrogen (secondary N) is 2. The molecule has 4 nitrogen and oxygen atoms in total. The van der Waals surface area contributed by atoms with Crippen molar-refractivity contribution in [2.24, 2.45) is 10.8 Å². The Morgan fingerprint density at radius 1 is 1.47 bits per heavy atom. The molecule has 1 heterocycles. The van der Waals surface area contributed by atoms with E-state index >= 15 is 0 Å². The van der Waals surface area contributed by atoms with E-state index in [1.165, 1.54) is 30.6 Å². The number of aliphatic imine (C=N–C) groups is 1. The minimum Gasteiger partial charge on any atom is -0.353 e. The molecule has 0 amide bonds. The molecule has 17 heavy (non-hydrogen) atoms. The molecule has 1 aliphatic carbocycles. The zero-order valence-electron chi connectivity index (χ0n) is 9.98. The zero-order valence-corrected chi connectivity index (χ0v) is 10.8. The van der Waals surface area contributed by atoms with Crippen LogP contribution in [-0.4, -0.2) is 18.5 Å². The van der Waals surface area contributed by atoms with Gasteiger partial charge in [0.05, 0.1) is 0 Å². The molecule has 5 heteroatoms. The van der Waals surface area contributed by atoms with Gasteiger partial charge in [-0.3, -0.25) is 10.4 Å². The van der Waals surface area contributed by atoms with Crippen LogP contribution in [0.3, 0.4) is 0 Å². The molecule has 0 radical (unpaired) electrons. The molecule has 1 aromatic rings. The molecule has 2 rings (SSSR count). The third-order valence-corrected chi connectivity index (χ3v) is 3.98. The molecule has 0 aliphatic heterocycles. The second kappa shape index (κ2) is 6.61. The summed E-state index contributed by atoms with van der Waals surface area (Å²) in [5, 5.41) is 5.46. The fourth-order valence-corrected chi connectivity index (χ4v) is 2.83. The highest BCUT2D eigenvalue weighted by Gasteiger charge is 2.15. The molecule has 0 spiro atoms. The minimum atomic E-state index is 0.548. The number of hydrogen-bond acceptors (Lipinski definition) is 3. The quantitative estimate of drug-likeness (QED) is 0.330. The zero-order chi connectivity index (χ0) is 11.9. The van der Waals surface area contributed by atoms with Crippen molar-refractivity contribution >= 4 is 17.3 Å². The van der Waals surface area contributed by atoms with Crippen molar-refractivity contribution in [3.8, 4) is 0 Å². The molecular formula is C12H20N4S. The summed E-state index contributed by atoms with van der Waals surface area (Å²) in [6.07, 6.45) is 6.06. The van der Waals surface area contributed by atoms with Gasteiger partial charge in [0, 0.05) is 23.9 Å². The average molecular weight is 252 g/mol. The Labute approximate surface area is 106 Å². The van der Waals surface area contributed by atoms with Gasteiger partial charge < -0.3 is 5.32 Å². The van der Waals surface area contributed by atoms with E-state index in [0.717, 1.165) is 18.9 Å². The van der Waals surface area contributed by atoms with E-state index in [0.29, 0.717) is 6.04 Å². The summed E-state index contributed by atoms with van der Waals surface area (Å²) in [6.45, 7) is 0.778. The third kappa shape index (κ3) is 4.02. The first-order valence-electron chi connectivity index (χ1n) is 6.18. The van der Waals surface area contributed by atoms with Gasteiger partial charge in [0.25, 0.3) is 0 Å². The largest absolute Gasteiger partial charge is 0.353 e. The number of guanidine groups is 1. The molecule has 1 aliphatic rings. The first kappa shape index (κ1) is 12.4. The maximum atomic E-state index is 5.47. The van der Waals surface area contributed by atoms with Gasteiger partial charge in [0.1, 0.15) is 0 Å². The fraction of sp³-hybridized carbons (Fsp3) is 0.583. The smallest absolute Gasteiger partial charge is 0.205 e. The van der Waals surface area contributed by atoms with E-state index in [9.17, 15) is 0 Å². The number of rotatable bonds is 4. The van der Waals surface area contributed by atoms with Crippen molar-refractivity contribution in [2.75, 3.05) is 6.54 Å². The normalized spacial score (nSPS) is 17.4. The van der Waals surface area contributed by atoms with Gasteiger partial charge in [-0.15, -0.1) is 11.3 Å². The van der Waals surface area contributed by atoms with E-state index in [2.05, 4.69) is 33.2 Å². The number of thiophene rings is 1. The molecule has 94 valence electrons. The van der Waals surface area contributed by atoms with E-state index in [1.807, 2.05) is 0 Å². The van der Waals surface area contributed by atoms with Crippen molar-refractivity contribution in [3.63, 3.8) is 0 Å². The van der Waals surface area contributed by atoms with Crippen molar-refractivity contribution in [1.29, 1.82) is 0 Å². The molecule has 4 N–H and O–H groups in total. The van der Waals surface area contributed by atoms with Crippen LogP contribution in [0, 0.1) is 0 Å². The summed E-state index contributed by atoms with van der Waals surface area (Å²) in [6, 6.07) is 4.76. The van der Waals surface area contributed by atoms with E-state index < -0.39 is 0 Å². The molecule has 1 aromatic heterocycles. The van der Waals surface area contributed by atoms with Crippen LogP contribution in [0.4, 0.5) is 0 Å². The van der Waals surface area contributed by atoms with Crippen molar-refractivity contribution in [1.82, 2.24) is 10.7 Å². The van der Waals surface area contributed by atoms with Gasteiger partial charge in [-0.1, -0.05) is 18.9 Å². The Balaban J connectivity index is 1.76. The van der Waals surface area contributed by atoms with Crippen molar-refractivity contribution in [2.45, 2.75) is 38.1 Å². The first-order chi connectivity index (χ1) is 8.38. The van der Waals surface area contributed by atoms with Gasteiger partial charge in [-0.25, -0.2) is 5.84 Å². The Kier molecular flexibility index (Phi) is 4.82. The lowest BCUT2D eigenvalue weighted by Crippen LogP contribution is -2.45. The Hall–Kier alpha value is -1.07. The van der Waals surface area contributed by atoms with Crippen LogP contribution >= 0.6 is 11.3 Å². The lowest BCUT2D eigenvalue weighted by Gasteiger charge is -2.14. The van der Waals surface area contributed by atoms with E-state index in [-0.39, 0.29) is 0 Å². The molecule has 0 unspecified atom stereocenters. The average Bonchev–Trinajstić information content (AvgIpc) is 3.00. The highest BCUT2D eigenvalue weighted by molar-refractivity contribution is 7.09. The standard InChI is InChI=1S/C12H20N4S/c13-16-12(15-10-4-1-2-5-10)14-8-7-11-6-3-9-17-11/h3,6,9-10H,1-2,4-5,7-8,13H2,(H2,14,15,16). The topological polar surface area (TPSA) is 62.4 Å². The van der Waals surface area contributed by atoms with Crippen molar-refractivity contribution in [3.05, 3.63) is 22.4 Å². The van der Waals surface area contributed by atoms with Crippen LogP contribution < -0.4 is 16.6 Å². The summed E-state index contributed by atoms with van der Waals surface area (Å²) in [5.41, 5.74) is 2.65. The second-order valence-corrected chi connectivity index (χ2v) is 5.36. The molecule has 0 atom stereocenters. The summed E-state index contributed by atoms with van der Waals surface area (Å²) in [5.74, 6) is 6.20. The van der Waals surface area contributed by atoms with Crippen LogP contribution in [0.5, 0.6) is 0 Å². The van der Waals surface area contributed by atoms with Crippen LogP contribution in [-0.2, 0) is 6.42 Å².